The molecule has 0 radical (unpaired) electrons. The molecule has 0 spiro atoms. The lowest BCUT2D eigenvalue weighted by molar-refractivity contribution is -0.384. The summed E-state index contributed by atoms with van der Waals surface area (Å²) >= 11 is 0. The van der Waals surface area contributed by atoms with Gasteiger partial charge >= 0.3 is 5.97 Å². The maximum Gasteiger partial charge on any atom is 0.338 e. The van der Waals surface area contributed by atoms with Crippen LogP contribution in [0.5, 0.6) is 0 Å². The molecular formula is C24H20N4O5. The van der Waals surface area contributed by atoms with Gasteiger partial charge in [-0.3, -0.25) is 19.5 Å². The van der Waals surface area contributed by atoms with Crippen LogP contribution in [0.15, 0.2) is 72.8 Å². The molecule has 0 saturated heterocycles. The molecule has 33 heavy (non-hydrogen) atoms. The summed E-state index contributed by atoms with van der Waals surface area (Å²) in [7, 11) is 0. The maximum atomic E-state index is 12.6. The van der Waals surface area contributed by atoms with E-state index in [1.165, 1.54) is 31.2 Å². The first-order valence-corrected chi connectivity index (χ1v) is 10.1. The molecule has 0 bridgehead atoms. The summed E-state index contributed by atoms with van der Waals surface area (Å²) in [5, 5.41) is 13.3. The first-order valence-electron chi connectivity index (χ1n) is 10.1. The SMILES string of the molecule is Cc1nc2cc(C(=O)OC(C)C(=O)Nc3ccc([N+](=O)[O-])cc3)ccc2n1-c1ccccc1. The molecule has 1 amide bonds. The number of non-ortho nitro benzene ring substituents is 1. The van der Waals surface area contributed by atoms with Crippen molar-refractivity contribution in [3.63, 3.8) is 0 Å². The molecule has 4 rings (SSSR count). The highest BCUT2D eigenvalue weighted by Gasteiger charge is 2.20. The van der Waals surface area contributed by atoms with Crippen molar-refractivity contribution < 1.29 is 19.2 Å². The van der Waals surface area contributed by atoms with E-state index in [1.807, 2.05) is 41.8 Å². The fourth-order valence-electron chi connectivity index (χ4n) is 3.42. The van der Waals surface area contributed by atoms with Gasteiger partial charge in [-0.1, -0.05) is 18.2 Å². The predicted octanol–water partition coefficient (Wildman–Crippen LogP) is 4.43. The molecule has 1 unspecified atom stereocenters. The lowest BCUT2D eigenvalue weighted by Gasteiger charge is -2.13. The Morgan fingerprint density at radius 2 is 1.76 bits per heavy atom. The van der Waals surface area contributed by atoms with E-state index < -0.39 is 22.9 Å². The van der Waals surface area contributed by atoms with E-state index in [9.17, 15) is 19.7 Å². The van der Waals surface area contributed by atoms with Crippen molar-refractivity contribution in [1.29, 1.82) is 0 Å². The van der Waals surface area contributed by atoms with Gasteiger partial charge in [0.2, 0.25) is 0 Å². The molecule has 1 aromatic heterocycles. The molecule has 9 nitrogen and oxygen atoms in total. The summed E-state index contributed by atoms with van der Waals surface area (Å²) < 4.78 is 7.30. The molecule has 3 aromatic carbocycles. The van der Waals surface area contributed by atoms with E-state index in [0.29, 0.717) is 11.2 Å². The highest BCUT2D eigenvalue weighted by molar-refractivity contribution is 5.98. The van der Waals surface area contributed by atoms with E-state index >= 15 is 0 Å². The van der Waals surface area contributed by atoms with Gasteiger partial charge in [0.25, 0.3) is 11.6 Å². The third-order valence-corrected chi connectivity index (χ3v) is 5.07. The normalized spacial score (nSPS) is 11.7. The number of nitrogens with zero attached hydrogens (tertiary/aromatic N) is 3. The summed E-state index contributed by atoms with van der Waals surface area (Å²) in [6.45, 7) is 3.33. The first kappa shape index (κ1) is 21.7. The second-order valence-electron chi connectivity index (χ2n) is 7.37. The highest BCUT2D eigenvalue weighted by Crippen LogP contribution is 2.23. The zero-order valence-electron chi connectivity index (χ0n) is 17.9. The van der Waals surface area contributed by atoms with Crippen molar-refractivity contribution in [1.82, 2.24) is 9.55 Å². The van der Waals surface area contributed by atoms with E-state index in [2.05, 4.69) is 10.3 Å². The lowest BCUT2D eigenvalue weighted by Crippen LogP contribution is -2.30. The van der Waals surface area contributed by atoms with E-state index in [1.54, 1.807) is 18.2 Å². The Balaban J connectivity index is 1.47. The Bertz CT molecular complexity index is 1350. The summed E-state index contributed by atoms with van der Waals surface area (Å²) in [6, 6.07) is 20.2. The Labute approximate surface area is 188 Å². The first-order chi connectivity index (χ1) is 15.8. The number of carbonyl (C=O) groups is 2. The van der Waals surface area contributed by atoms with Gasteiger partial charge in [0.15, 0.2) is 6.10 Å². The largest absolute Gasteiger partial charge is 0.449 e. The zero-order valence-corrected chi connectivity index (χ0v) is 17.9. The van der Waals surface area contributed by atoms with Gasteiger partial charge in [-0.05, 0) is 56.3 Å². The van der Waals surface area contributed by atoms with Crippen LogP contribution >= 0.6 is 0 Å². The van der Waals surface area contributed by atoms with Crippen LogP contribution in [0.2, 0.25) is 0 Å². The lowest BCUT2D eigenvalue weighted by atomic mass is 10.2. The molecule has 0 fully saturated rings. The number of amides is 1. The molecule has 1 N–H and O–H groups in total. The van der Waals surface area contributed by atoms with E-state index in [0.717, 1.165) is 17.0 Å². The number of aryl methyl sites for hydroxylation is 1. The number of para-hydroxylation sites is 1. The van der Waals surface area contributed by atoms with Crippen LogP contribution in [-0.4, -0.2) is 32.5 Å². The Hall–Kier alpha value is -4.53. The van der Waals surface area contributed by atoms with Crippen LogP contribution in [-0.2, 0) is 9.53 Å². The number of nitro benzene ring substituents is 1. The number of anilines is 1. The number of rotatable bonds is 6. The number of benzene rings is 3. The Morgan fingerprint density at radius 3 is 2.42 bits per heavy atom. The van der Waals surface area contributed by atoms with Crippen molar-refractivity contribution in [2.24, 2.45) is 0 Å². The van der Waals surface area contributed by atoms with Crippen LogP contribution in [0, 0.1) is 17.0 Å². The zero-order chi connectivity index (χ0) is 23.5. The van der Waals surface area contributed by atoms with Crippen molar-refractivity contribution in [3.8, 4) is 5.69 Å². The Kier molecular flexibility index (Phi) is 5.86. The minimum atomic E-state index is -1.08. The topological polar surface area (TPSA) is 116 Å². The summed E-state index contributed by atoms with van der Waals surface area (Å²) in [4.78, 5) is 39.7. The highest BCUT2D eigenvalue weighted by atomic mass is 16.6. The average Bonchev–Trinajstić information content (AvgIpc) is 3.14. The number of imidazole rings is 1. The minimum Gasteiger partial charge on any atom is -0.449 e. The van der Waals surface area contributed by atoms with Gasteiger partial charge in [-0.25, -0.2) is 9.78 Å². The number of carbonyl (C=O) groups excluding carboxylic acids is 2. The number of aromatic nitrogens is 2. The van der Waals surface area contributed by atoms with Crippen LogP contribution in [0.1, 0.15) is 23.1 Å². The van der Waals surface area contributed by atoms with Gasteiger partial charge in [0.1, 0.15) is 5.82 Å². The van der Waals surface area contributed by atoms with Gasteiger partial charge in [-0.2, -0.15) is 0 Å². The van der Waals surface area contributed by atoms with E-state index in [4.69, 9.17) is 4.74 Å². The van der Waals surface area contributed by atoms with Gasteiger partial charge in [0, 0.05) is 23.5 Å². The minimum absolute atomic E-state index is 0.0900. The fraction of sp³-hybridized carbons (Fsp3) is 0.125. The third-order valence-electron chi connectivity index (χ3n) is 5.07. The van der Waals surface area contributed by atoms with Crippen molar-refractivity contribution in [2.45, 2.75) is 20.0 Å². The number of fused-ring (bicyclic) bond motifs is 1. The van der Waals surface area contributed by atoms with Crippen molar-refractivity contribution >= 4 is 34.3 Å². The maximum absolute atomic E-state index is 12.6. The average molecular weight is 444 g/mol. The molecular weight excluding hydrogens is 424 g/mol. The molecule has 4 aromatic rings. The number of hydrogen-bond acceptors (Lipinski definition) is 6. The van der Waals surface area contributed by atoms with E-state index in [-0.39, 0.29) is 11.3 Å². The van der Waals surface area contributed by atoms with Crippen molar-refractivity contribution in [3.05, 3.63) is 94.3 Å². The molecule has 1 atom stereocenters. The molecule has 166 valence electrons. The summed E-state index contributed by atoms with van der Waals surface area (Å²) in [5.41, 5.74) is 2.98. The number of esters is 1. The fourth-order valence-corrected chi connectivity index (χ4v) is 3.42. The molecule has 9 heteroatoms. The van der Waals surface area contributed by atoms with Gasteiger partial charge in [0.05, 0.1) is 21.5 Å². The van der Waals surface area contributed by atoms with Crippen molar-refractivity contribution in [2.75, 3.05) is 5.32 Å². The molecule has 0 aliphatic carbocycles. The van der Waals surface area contributed by atoms with Gasteiger partial charge < -0.3 is 10.1 Å². The molecule has 1 heterocycles. The van der Waals surface area contributed by atoms with Crippen LogP contribution in [0.4, 0.5) is 11.4 Å². The predicted molar refractivity (Wildman–Crippen MR) is 122 cm³/mol. The van der Waals surface area contributed by atoms with Crippen LogP contribution < -0.4 is 5.32 Å². The van der Waals surface area contributed by atoms with Crippen LogP contribution in [0.25, 0.3) is 16.7 Å². The smallest absolute Gasteiger partial charge is 0.338 e. The monoisotopic (exact) mass is 444 g/mol. The second-order valence-corrected chi connectivity index (χ2v) is 7.37. The molecule has 0 aliphatic rings. The van der Waals surface area contributed by atoms with Crippen LogP contribution in [0.3, 0.4) is 0 Å². The van der Waals surface area contributed by atoms with Gasteiger partial charge in [-0.15, -0.1) is 0 Å². The quantitative estimate of drug-likeness (QED) is 0.267. The standard InChI is InChI=1S/C24H20N4O5/c1-15(23(29)26-18-9-11-20(12-10-18)28(31)32)33-24(30)17-8-13-22-21(14-17)25-16(2)27(22)19-6-4-3-5-7-19/h3-15H,1-2H3,(H,26,29). The number of hydrogen-bond donors (Lipinski definition) is 1. The summed E-state index contributed by atoms with van der Waals surface area (Å²) in [5.74, 6) is -0.435. The molecule has 0 saturated carbocycles. The number of ether oxygens (including phenoxy) is 1. The molecule has 0 aliphatic heterocycles. The number of nitro groups is 1. The summed E-state index contributed by atoms with van der Waals surface area (Å²) in [6.07, 6.45) is -1.08. The number of nitrogens with one attached hydrogen (secondary N) is 1. The Morgan fingerprint density at radius 1 is 1.06 bits per heavy atom. The third kappa shape index (κ3) is 4.57. The second kappa shape index (κ2) is 8.91.